The van der Waals surface area contributed by atoms with Crippen LogP contribution in [0.2, 0.25) is 19.6 Å². The summed E-state index contributed by atoms with van der Waals surface area (Å²) < 4.78 is 12.1. The Kier molecular flexibility index (Phi) is 3.98. The Morgan fingerprint density at radius 1 is 1.17 bits per heavy atom. The molecule has 0 aliphatic carbocycles. The van der Waals surface area contributed by atoms with Gasteiger partial charge in [0, 0.05) is 27.2 Å². The van der Waals surface area contributed by atoms with Crippen LogP contribution in [0.1, 0.15) is 32.1 Å². The van der Waals surface area contributed by atoms with Crippen molar-refractivity contribution in [1.82, 2.24) is 0 Å². The average molecular weight is 284 g/mol. The molecule has 0 aromatic carbocycles. The predicted octanol–water partition coefficient (Wildman–Crippen LogP) is 3.07. The fraction of sp³-hybridized carbons (Fsp3) is 0.786. The van der Waals surface area contributed by atoms with E-state index < -0.39 is 18.9 Å². The van der Waals surface area contributed by atoms with Crippen molar-refractivity contribution in [3.05, 3.63) is 11.8 Å². The van der Waals surface area contributed by atoms with E-state index in [-0.39, 0.29) is 22.2 Å². The number of Topliss-reactive ketones (excluding diaryl/α,β-unsaturated/α-hetero) is 1. The van der Waals surface area contributed by atoms with Crippen LogP contribution < -0.4 is 0 Å². The van der Waals surface area contributed by atoms with Crippen molar-refractivity contribution in [3.63, 3.8) is 0 Å². The van der Waals surface area contributed by atoms with Crippen LogP contribution in [0, 0.1) is 5.92 Å². The highest BCUT2D eigenvalue weighted by molar-refractivity contribution is 7.86. The van der Waals surface area contributed by atoms with E-state index >= 15 is 0 Å². The van der Waals surface area contributed by atoms with Crippen LogP contribution in [-0.2, 0) is 15.6 Å². The summed E-state index contributed by atoms with van der Waals surface area (Å²) in [6, 6.07) is 0. The first-order chi connectivity index (χ1) is 8.30. The minimum absolute atomic E-state index is 0.109. The van der Waals surface area contributed by atoms with E-state index in [0.29, 0.717) is 0 Å². The van der Waals surface area contributed by atoms with Crippen LogP contribution in [0.3, 0.4) is 0 Å². The Balaban J connectivity index is 2.10. The van der Waals surface area contributed by atoms with Gasteiger partial charge in [-0.2, -0.15) is 0 Å². The van der Waals surface area contributed by atoms with E-state index in [2.05, 4.69) is 26.2 Å². The molecule has 4 heteroatoms. The minimum Gasteiger partial charge on any atom is -0.295 e. The molecule has 2 unspecified atom stereocenters. The molecule has 0 N–H and O–H groups in total. The Hall–Kier alpha value is -0.223. The summed E-state index contributed by atoms with van der Waals surface area (Å²) in [6.07, 6.45) is 4.96. The first-order valence-electron chi connectivity index (χ1n) is 6.93. The van der Waals surface area contributed by atoms with Crippen LogP contribution in [0.5, 0.6) is 0 Å². The first-order valence-corrected chi connectivity index (χ1v) is 11.7. The van der Waals surface area contributed by atoms with Crippen LogP contribution in [0.15, 0.2) is 11.8 Å². The second-order valence-corrected chi connectivity index (χ2v) is 13.9. The molecule has 2 aliphatic rings. The van der Waals surface area contributed by atoms with Crippen molar-refractivity contribution in [3.8, 4) is 0 Å². The lowest BCUT2D eigenvalue weighted by atomic mass is 9.86. The molecule has 2 fully saturated rings. The highest BCUT2D eigenvalue weighted by atomic mass is 32.2. The molecule has 2 bridgehead atoms. The number of carbonyl (C=O) groups excluding carboxylic acids is 1. The molecule has 2 nitrogen and oxygen atoms in total. The molecule has 2 atom stereocenters. The minimum atomic E-state index is -1.58. The molecular weight excluding hydrogens is 260 g/mol. The van der Waals surface area contributed by atoms with Gasteiger partial charge in [-0.05, 0) is 30.9 Å². The molecule has 2 heterocycles. The van der Waals surface area contributed by atoms with E-state index in [0.717, 1.165) is 30.9 Å². The van der Waals surface area contributed by atoms with Gasteiger partial charge in [-0.1, -0.05) is 32.6 Å². The van der Waals surface area contributed by atoms with E-state index in [1.54, 1.807) is 0 Å². The second kappa shape index (κ2) is 5.04. The van der Waals surface area contributed by atoms with E-state index in [4.69, 9.17) is 0 Å². The number of ketones is 1. The topological polar surface area (TPSA) is 34.1 Å². The van der Waals surface area contributed by atoms with Gasteiger partial charge < -0.3 is 0 Å². The lowest BCUT2D eigenvalue weighted by molar-refractivity contribution is -0.119. The van der Waals surface area contributed by atoms with Crippen molar-refractivity contribution in [2.45, 2.75) is 62.2 Å². The van der Waals surface area contributed by atoms with Crippen molar-refractivity contribution >= 4 is 24.7 Å². The van der Waals surface area contributed by atoms with Crippen LogP contribution in [-0.4, -0.2) is 28.6 Å². The highest BCUT2D eigenvalue weighted by Crippen LogP contribution is 2.38. The average Bonchev–Trinajstić information content (AvgIpc) is 2.25. The van der Waals surface area contributed by atoms with Gasteiger partial charge in [-0.25, -0.2) is 0 Å². The Morgan fingerprint density at radius 3 is 2.11 bits per heavy atom. The molecule has 102 valence electrons. The SMILES string of the molecule is C=C(C(=O)C1CC2CCCC(C1)S2=O)[Si](C)(C)C. The molecule has 0 spiro atoms. The summed E-state index contributed by atoms with van der Waals surface area (Å²) in [5.74, 6) is 0.389. The number of rotatable bonds is 3. The summed E-state index contributed by atoms with van der Waals surface area (Å²) in [5, 5.41) is 1.43. The standard InChI is InChI=1S/C14H24O2SSi/c1-10(18(2,3)4)14(15)11-8-12-6-5-7-13(9-11)17(12)16/h11-13H,1,5-9H2,2-4H3. The molecule has 18 heavy (non-hydrogen) atoms. The molecule has 0 saturated carbocycles. The summed E-state index contributed by atoms with van der Waals surface area (Å²) in [4.78, 5) is 12.5. The van der Waals surface area contributed by atoms with Gasteiger partial charge in [0.15, 0.2) is 5.78 Å². The van der Waals surface area contributed by atoms with Gasteiger partial charge in [-0.15, -0.1) is 0 Å². The summed E-state index contributed by atoms with van der Waals surface area (Å²) in [7, 11) is -2.26. The normalized spacial score (nSPS) is 36.2. The van der Waals surface area contributed by atoms with E-state index in [1.807, 2.05) is 0 Å². The van der Waals surface area contributed by atoms with Crippen molar-refractivity contribution in [2.24, 2.45) is 5.92 Å². The van der Waals surface area contributed by atoms with Crippen molar-refractivity contribution in [1.29, 1.82) is 0 Å². The summed E-state index contributed by atoms with van der Waals surface area (Å²) in [5.41, 5.74) is 0. The number of allylic oxidation sites excluding steroid dienone is 1. The van der Waals surface area contributed by atoms with E-state index in [1.165, 1.54) is 6.42 Å². The number of hydrogen-bond acceptors (Lipinski definition) is 2. The molecule has 0 aromatic rings. The second-order valence-electron chi connectivity index (χ2n) is 6.76. The zero-order valence-corrected chi connectivity index (χ0v) is 13.5. The molecule has 0 amide bonds. The molecule has 0 aromatic heterocycles. The molecule has 2 aliphatic heterocycles. The maximum absolute atomic E-state index is 12.5. The molecular formula is C14H24O2SSi. The lowest BCUT2D eigenvalue weighted by Crippen LogP contribution is -2.43. The van der Waals surface area contributed by atoms with E-state index in [9.17, 15) is 9.00 Å². The van der Waals surface area contributed by atoms with Crippen molar-refractivity contribution < 1.29 is 9.00 Å². The van der Waals surface area contributed by atoms with Gasteiger partial charge >= 0.3 is 0 Å². The Morgan fingerprint density at radius 2 is 1.67 bits per heavy atom. The smallest absolute Gasteiger partial charge is 0.157 e. The van der Waals surface area contributed by atoms with Crippen molar-refractivity contribution in [2.75, 3.05) is 0 Å². The molecule has 2 saturated heterocycles. The lowest BCUT2D eigenvalue weighted by Gasteiger charge is -2.38. The van der Waals surface area contributed by atoms with Gasteiger partial charge in [0.1, 0.15) is 0 Å². The third-order valence-corrected chi connectivity index (χ3v) is 8.61. The van der Waals surface area contributed by atoms with Crippen LogP contribution in [0.4, 0.5) is 0 Å². The third-order valence-electron chi connectivity index (χ3n) is 4.38. The number of fused-ring (bicyclic) bond motifs is 2. The quantitative estimate of drug-likeness (QED) is 0.589. The van der Waals surface area contributed by atoms with Gasteiger partial charge in [-0.3, -0.25) is 9.00 Å². The fourth-order valence-corrected chi connectivity index (χ4v) is 6.19. The third kappa shape index (κ3) is 2.69. The largest absolute Gasteiger partial charge is 0.295 e. The zero-order valence-electron chi connectivity index (χ0n) is 11.7. The maximum atomic E-state index is 12.5. The summed E-state index contributed by atoms with van der Waals surface area (Å²) in [6.45, 7) is 10.6. The predicted molar refractivity (Wildman–Crippen MR) is 79.8 cm³/mol. The zero-order chi connectivity index (χ0) is 13.5. The number of carbonyl (C=O) groups is 1. The Bertz CT molecular complexity index is 381. The molecule has 0 radical (unpaired) electrons. The number of hydrogen-bond donors (Lipinski definition) is 0. The van der Waals surface area contributed by atoms with Gasteiger partial charge in [0.25, 0.3) is 0 Å². The highest BCUT2D eigenvalue weighted by Gasteiger charge is 2.41. The maximum Gasteiger partial charge on any atom is 0.157 e. The van der Waals surface area contributed by atoms with Crippen LogP contribution in [0.25, 0.3) is 0 Å². The van der Waals surface area contributed by atoms with Gasteiger partial charge in [0.2, 0.25) is 0 Å². The Labute approximate surface area is 114 Å². The first kappa shape index (κ1) is 14.2. The van der Waals surface area contributed by atoms with Crippen LogP contribution >= 0.6 is 0 Å². The fourth-order valence-electron chi connectivity index (χ4n) is 3.06. The monoisotopic (exact) mass is 284 g/mol. The summed E-state index contributed by atoms with van der Waals surface area (Å²) >= 11 is 0. The van der Waals surface area contributed by atoms with Gasteiger partial charge in [0.05, 0.1) is 8.07 Å². The molecule has 2 rings (SSSR count).